The van der Waals surface area contributed by atoms with E-state index in [4.69, 9.17) is 4.74 Å². The van der Waals surface area contributed by atoms with E-state index < -0.39 is 0 Å². The molecule has 0 aliphatic heterocycles. The second-order valence-electron chi connectivity index (χ2n) is 3.93. The molecule has 2 heteroatoms. The van der Waals surface area contributed by atoms with Crippen LogP contribution in [-0.2, 0) is 11.2 Å². The first kappa shape index (κ1) is 11.2. The molecular weight excluding hydrogens is 198 g/mol. The normalized spacial score (nSPS) is 18.9. The lowest BCUT2D eigenvalue weighted by molar-refractivity contribution is 0.197. The van der Waals surface area contributed by atoms with Crippen LogP contribution in [0.4, 0.5) is 0 Å². The second-order valence-corrected chi connectivity index (χ2v) is 3.93. The predicted molar refractivity (Wildman–Crippen MR) is 66.3 cm³/mol. The lowest BCUT2D eigenvalue weighted by Gasteiger charge is -2.27. The summed E-state index contributed by atoms with van der Waals surface area (Å²) in [6, 6.07) is 8.81. The highest BCUT2D eigenvalue weighted by Gasteiger charge is 2.22. The molecule has 1 aromatic carbocycles. The summed E-state index contributed by atoms with van der Waals surface area (Å²) in [6.07, 6.45) is 3.17. The zero-order chi connectivity index (χ0) is 11.4. The highest BCUT2D eigenvalue weighted by molar-refractivity contribution is 5.39. The molecule has 1 atom stereocenters. The van der Waals surface area contributed by atoms with Crippen molar-refractivity contribution < 1.29 is 4.74 Å². The van der Waals surface area contributed by atoms with Gasteiger partial charge in [-0.1, -0.05) is 31.2 Å². The number of benzene rings is 1. The van der Waals surface area contributed by atoms with Gasteiger partial charge < -0.3 is 10.1 Å². The van der Waals surface area contributed by atoms with Crippen molar-refractivity contribution in [2.45, 2.75) is 26.3 Å². The largest absolute Gasteiger partial charge is 0.497 e. The smallest absolute Gasteiger partial charge is 0.114 e. The Balaban J connectivity index is 2.30. The first-order valence-electron chi connectivity index (χ1n) is 6.00. The third-order valence-electron chi connectivity index (χ3n) is 2.89. The van der Waals surface area contributed by atoms with Gasteiger partial charge in [0.2, 0.25) is 0 Å². The Bertz CT molecular complexity index is 384. The number of fused-ring (bicyclic) bond motifs is 1. The van der Waals surface area contributed by atoms with Crippen molar-refractivity contribution in [3.05, 3.63) is 47.2 Å². The minimum Gasteiger partial charge on any atom is -0.497 e. The number of hydrogen-bond donors (Lipinski definition) is 1. The molecule has 1 aromatic rings. The van der Waals surface area contributed by atoms with Gasteiger partial charge in [-0.05, 0) is 37.1 Å². The summed E-state index contributed by atoms with van der Waals surface area (Å²) < 4.78 is 5.70. The van der Waals surface area contributed by atoms with Crippen LogP contribution in [0.3, 0.4) is 0 Å². The monoisotopic (exact) mass is 217 g/mol. The van der Waals surface area contributed by atoms with E-state index >= 15 is 0 Å². The van der Waals surface area contributed by atoms with Gasteiger partial charge in [-0.3, -0.25) is 0 Å². The van der Waals surface area contributed by atoms with Crippen molar-refractivity contribution in [1.29, 1.82) is 0 Å². The van der Waals surface area contributed by atoms with E-state index in [1.807, 2.05) is 6.92 Å². The van der Waals surface area contributed by atoms with Gasteiger partial charge in [0.05, 0.1) is 12.6 Å². The van der Waals surface area contributed by atoms with E-state index in [0.717, 1.165) is 25.3 Å². The fourth-order valence-electron chi connectivity index (χ4n) is 2.21. The average Bonchev–Trinajstić information content (AvgIpc) is 2.32. The van der Waals surface area contributed by atoms with E-state index in [2.05, 4.69) is 42.6 Å². The Kier molecular flexibility index (Phi) is 3.62. The van der Waals surface area contributed by atoms with Gasteiger partial charge in [0.25, 0.3) is 0 Å². The number of nitrogens with one attached hydrogen (secondary N) is 1. The van der Waals surface area contributed by atoms with Gasteiger partial charge in [-0.25, -0.2) is 0 Å². The molecule has 1 aliphatic rings. The molecular formula is C14H19NO. The fourth-order valence-corrected chi connectivity index (χ4v) is 2.21. The minimum atomic E-state index is 0.231. The van der Waals surface area contributed by atoms with Crippen LogP contribution in [0.5, 0.6) is 0 Å². The van der Waals surface area contributed by atoms with Crippen molar-refractivity contribution in [3.63, 3.8) is 0 Å². The van der Waals surface area contributed by atoms with Crippen molar-refractivity contribution in [2.75, 3.05) is 13.2 Å². The minimum absolute atomic E-state index is 0.231. The first-order valence-corrected chi connectivity index (χ1v) is 6.00. The summed E-state index contributed by atoms with van der Waals surface area (Å²) in [5.74, 6) is 1.07. The molecule has 0 spiro atoms. The van der Waals surface area contributed by atoms with Crippen molar-refractivity contribution in [2.24, 2.45) is 0 Å². The molecule has 0 radical (unpaired) electrons. The Labute approximate surface area is 97.3 Å². The molecule has 0 amide bonds. The maximum absolute atomic E-state index is 5.70. The highest BCUT2D eigenvalue weighted by Crippen LogP contribution is 2.30. The van der Waals surface area contributed by atoms with E-state index in [1.54, 1.807) is 0 Å². The molecule has 16 heavy (non-hydrogen) atoms. The summed E-state index contributed by atoms with van der Waals surface area (Å²) >= 11 is 0. The second kappa shape index (κ2) is 5.17. The van der Waals surface area contributed by atoms with E-state index in [-0.39, 0.29) is 6.04 Å². The summed E-state index contributed by atoms with van der Waals surface area (Å²) in [5.41, 5.74) is 2.76. The molecule has 0 aromatic heterocycles. The Hall–Kier alpha value is -1.28. The number of ether oxygens (including phenoxy) is 1. The van der Waals surface area contributed by atoms with Crippen molar-refractivity contribution in [1.82, 2.24) is 5.32 Å². The number of rotatable bonds is 4. The quantitative estimate of drug-likeness (QED) is 0.837. The molecule has 1 unspecified atom stereocenters. The number of allylic oxidation sites excluding steroid dienone is 1. The van der Waals surface area contributed by atoms with Gasteiger partial charge >= 0.3 is 0 Å². The van der Waals surface area contributed by atoms with Crippen LogP contribution in [-0.4, -0.2) is 13.2 Å². The molecule has 2 nitrogen and oxygen atoms in total. The lowest BCUT2D eigenvalue weighted by atomic mass is 9.91. The third-order valence-corrected chi connectivity index (χ3v) is 2.89. The van der Waals surface area contributed by atoms with Gasteiger partial charge in [0.1, 0.15) is 5.76 Å². The van der Waals surface area contributed by atoms with E-state index in [9.17, 15) is 0 Å². The zero-order valence-corrected chi connectivity index (χ0v) is 9.99. The Morgan fingerprint density at radius 3 is 2.88 bits per heavy atom. The van der Waals surface area contributed by atoms with Gasteiger partial charge in [0, 0.05) is 0 Å². The molecule has 1 aliphatic carbocycles. The predicted octanol–water partition coefficient (Wildman–Crippen LogP) is 2.81. The van der Waals surface area contributed by atoms with Crippen LogP contribution in [0.25, 0.3) is 0 Å². The van der Waals surface area contributed by atoms with Crippen molar-refractivity contribution in [3.8, 4) is 0 Å². The molecule has 0 saturated heterocycles. The standard InChI is InChI=1S/C14H19NO/c1-3-15-14-12-8-6-5-7-11(12)9-10-13(14)16-4-2/h5-8,10,14-15H,3-4,9H2,1-2H3. The van der Waals surface area contributed by atoms with Gasteiger partial charge in [0.15, 0.2) is 0 Å². The average molecular weight is 217 g/mol. The SMILES string of the molecule is CCNC1C(OCC)=CCc2ccccc21. The van der Waals surface area contributed by atoms with Crippen molar-refractivity contribution >= 4 is 0 Å². The topological polar surface area (TPSA) is 21.3 Å². The third kappa shape index (κ3) is 2.12. The Morgan fingerprint density at radius 1 is 1.31 bits per heavy atom. The lowest BCUT2D eigenvalue weighted by Crippen LogP contribution is -2.27. The first-order chi connectivity index (χ1) is 7.86. The molecule has 0 bridgehead atoms. The van der Waals surface area contributed by atoms with Crippen LogP contribution >= 0.6 is 0 Å². The van der Waals surface area contributed by atoms with Crippen LogP contribution in [0.2, 0.25) is 0 Å². The molecule has 0 fully saturated rings. The number of likely N-dealkylation sites (N-methyl/N-ethyl adjacent to an activating group) is 1. The summed E-state index contributed by atoms with van der Waals surface area (Å²) in [7, 11) is 0. The van der Waals surface area contributed by atoms with Crippen LogP contribution in [0.15, 0.2) is 36.1 Å². The molecule has 0 heterocycles. The Morgan fingerprint density at radius 2 is 2.12 bits per heavy atom. The van der Waals surface area contributed by atoms with Crippen LogP contribution < -0.4 is 5.32 Å². The highest BCUT2D eigenvalue weighted by atomic mass is 16.5. The summed E-state index contributed by atoms with van der Waals surface area (Å²) in [6.45, 7) is 5.84. The van der Waals surface area contributed by atoms with Crippen LogP contribution in [0.1, 0.15) is 31.0 Å². The van der Waals surface area contributed by atoms with Gasteiger partial charge in [-0.2, -0.15) is 0 Å². The summed E-state index contributed by atoms with van der Waals surface area (Å²) in [5, 5.41) is 3.48. The molecule has 0 saturated carbocycles. The summed E-state index contributed by atoms with van der Waals surface area (Å²) in [4.78, 5) is 0. The maximum atomic E-state index is 5.70. The fraction of sp³-hybridized carbons (Fsp3) is 0.429. The van der Waals surface area contributed by atoms with Crippen LogP contribution in [0, 0.1) is 0 Å². The molecule has 2 rings (SSSR count). The number of hydrogen-bond acceptors (Lipinski definition) is 2. The van der Waals surface area contributed by atoms with E-state index in [0.29, 0.717) is 0 Å². The molecule has 1 N–H and O–H groups in total. The van der Waals surface area contributed by atoms with E-state index in [1.165, 1.54) is 11.1 Å². The zero-order valence-electron chi connectivity index (χ0n) is 9.99. The maximum Gasteiger partial charge on any atom is 0.114 e. The molecule has 86 valence electrons. The van der Waals surface area contributed by atoms with Gasteiger partial charge in [-0.15, -0.1) is 0 Å².